The lowest BCUT2D eigenvalue weighted by molar-refractivity contribution is 0.417. The summed E-state index contributed by atoms with van der Waals surface area (Å²) in [6.07, 6.45) is 6.19. The molecule has 0 saturated carbocycles. The summed E-state index contributed by atoms with van der Waals surface area (Å²) in [5.74, 6) is 2.26. The molecule has 84 valence electrons. The molecule has 1 aromatic rings. The van der Waals surface area contributed by atoms with Crippen LogP contribution in [0.1, 0.15) is 13.8 Å². The second-order valence-corrected chi connectivity index (χ2v) is 4.20. The minimum atomic E-state index is -0.248. The Morgan fingerprint density at radius 2 is 1.75 bits per heavy atom. The summed E-state index contributed by atoms with van der Waals surface area (Å²) in [6.45, 7) is 4.33. The first-order chi connectivity index (χ1) is 7.65. The van der Waals surface area contributed by atoms with Crippen LogP contribution in [0, 0.1) is 17.7 Å². The van der Waals surface area contributed by atoms with Gasteiger partial charge in [0.25, 0.3) is 0 Å². The number of halogens is 1. The van der Waals surface area contributed by atoms with Gasteiger partial charge in [0, 0.05) is 0 Å². The molecule has 1 aliphatic carbocycles. The molecule has 0 aliphatic heterocycles. The quantitative estimate of drug-likeness (QED) is 0.730. The topological polar surface area (TPSA) is 9.23 Å². The first kappa shape index (κ1) is 10.9. The van der Waals surface area contributed by atoms with Gasteiger partial charge in [-0.25, -0.2) is 4.39 Å². The van der Waals surface area contributed by atoms with Crippen molar-refractivity contribution in [3.05, 3.63) is 54.1 Å². The van der Waals surface area contributed by atoms with Crippen molar-refractivity contribution < 1.29 is 9.13 Å². The third-order valence-corrected chi connectivity index (χ3v) is 2.87. The van der Waals surface area contributed by atoms with E-state index in [1.807, 2.05) is 6.08 Å². The van der Waals surface area contributed by atoms with Crippen LogP contribution in [0.2, 0.25) is 0 Å². The van der Waals surface area contributed by atoms with Crippen molar-refractivity contribution in [3.8, 4) is 5.75 Å². The minimum Gasteiger partial charge on any atom is -0.458 e. The van der Waals surface area contributed by atoms with E-state index < -0.39 is 0 Å². The third kappa shape index (κ3) is 2.51. The van der Waals surface area contributed by atoms with Gasteiger partial charge in [-0.05, 0) is 48.3 Å². The van der Waals surface area contributed by atoms with E-state index in [1.165, 1.54) is 12.1 Å². The highest BCUT2D eigenvalue weighted by Crippen LogP contribution is 2.24. The van der Waals surface area contributed by atoms with Gasteiger partial charge in [-0.3, -0.25) is 0 Å². The molecule has 16 heavy (non-hydrogen) atoms. The maximum absolute atomic E-state index is 12.7. The molecule has 0 bridgehead atoms. The predicted octanol–water partition coefficient (Wildman–Crippen LogP) is 3.93. The van der Waals surface area contributed by atoms with Crippen molar-refractivity contribution >= 4 is 0 Å². The summed E-state index contributed by atoms with van der Waals surface area (Å²) in [6, 6.07) is 6.06. The average molecular weight is 218 g/mol. The molecule has 2 heteroatoms. The monoisotopic (exact) mass is 218 g/mol. The first-order valence-electron chi connectivity index (χ1n) is 5.48. The maximum Gasteiger partial charge on any atom is 0.127 e. The Labute approximate surface area is 95.2 Å². The van der Waals surface area contributed by atoms with Crippen molar-refractivity contribution in [2.75, 3.05) is 0 Å². The Balaban J connectivity index is 2.08. The molecule has 2 rings (SSSR count). The Hall–Kier alpha value is -1.57. The molecule has 2 atom stereocenters. The fourth-order valence-electron chi connectivity index (χ4n) is 1.60. The standard InChI is InChI=1S/C14H15FO/c1-10-3-6-14(9-11(10)2)16-13-7-4-12(15)5-8-13/h3-11H,1-2H3/t10-,11+/m0/s1. The first-order valence-corrected chi connectivity index (χ1v) is 5.48. The van der Waals surface area contributed by atoms with Crippen LogP contribution in [0.25, 0.3) is 0 Å². The lowest BCUT2D eigenvalue weighted by Crippen LogP contribution is -2.09. The molecule has 0 fully saturated rings. The van der Waals surface area contributed by atoms with E-state index in [9.17, 15) is 4.39 Å². The van der Waals surface area contributed by atoms with E-state index in [4.69, 9.17) is 4.74 Å². The molecular formula is C14H15FO. The molecule has 0 saturated heterocycles. The highest BCUT2D eigenvalue weighted by Gasteiger charge is 2.13. The van der Waals surface area contributed by atoms with Crippen molar-refractivity contribution in [2.45, 2.75) is 13.8 Å². The SMILES string of the molecule is C[C@@H]1C=C(Oc2ccc(F)cc2)C=C[C@@H]1C. The van der Waals surface area contributed by atoms with Crippen LogP contribution >= 0.6 is 0 Å². The van der Waals surface area contributed by atoms with Crippen LogP contribution in [0.5, 0.6) is 5.75 Å². The summed E-state index contributed by atoms with van der Waals surface area (Å²) in [4.78, 5) is 0. The molecule has 0 spiro atoms. The predicted molar refractivity (Wildman–Crippen MR) is 62.6 cm³/mol. The molecule has 0 N–H and O–H groups in total. The van der Waals surface area contributed by atoms with Gasteiger partial charge in [-0.15, -0.1) is 0 Å². The Morgan fingerprint density at radius 3 is 2.38 bits per heavy atom. The summed E-state index contributed by atoms with van der Waals surface area (Å²) in [5.41, 5.74) is 0. The molecule has 0 unspecified atom stereocenters. The zero-order valence-corrected chi connectivity index (χ0v) is 9.48. The van der Waals surface area contributed by atoms with Crippen LogP contribution in [0.3, 0.4) is 0 Å². The average Bonchev–Trinajstić information content (AvgIpc) is 2.27. The molecule has 0 amide bonds. The minimum absolute atomic E-state index is 0.248. The Morgan fingerprint density at radius 1 is 1.06 bits per heavy atom. The van der Waals surface area contributed by atoms with Gasteiger partial charge >= 0.3 is 0 Å². The van der Waals surface area contributed by atoms with Crippen LogP contribution in [-0.4, -0.2) is 0 Å². The van der Waals surface area contributed by atoms with Gasteiger partial charge < -0.3 is 4.74 Å². The van der Waals surface area contributed by atoms with E-state index in [-0.39, 0.29) is 5.82 Å². The largest absolute Gasteiger partial charge is 0.458 e. The van der Waals surface area contributed by atoms with Crippen LogP contribution in [0.15, 0.2) is 48.3 Å². The lowest BCUT2D eigenvalue weighted by atomic mass is 9.91. The number of benzene rings is 1. The fraction of sp³-hybridized carbons (Fsp3) is 0.286. The zero-order chi connectivity index (χ0) is 11.5. The van der Waals surface area contributed by atoms with Crippen molar-refractivity contribution in [1.29, 1.82) is 0 Å². The Bertz CT molecular complexity index is 417. The van der Waals surface area contributed by atoms with Crippen molar-refractivity contribution in [3.63, 3.8) is 0 Å². The second-order valence-electron chi connectivity index (χ2n) is 4.20. The highest BCUT2D eigenvalue weighted by atomic mass is 19.1. The summed E-state index contributed by atoms with van der Waals surface area (Å²) in [5, 5.41) is 0. The maximum atomic E-state index is 12.7. The zero-order valence-electron chi connectivity index (χ0n) is 9.48. The molecule has 1 aliphatic rings. The number of allylic oxidation sites excluding steroid dienone is 3. The van der Waals surface area contributed by atoms with Crippen LogP contribution < -0.4 is 4.74 Å². The van der Waals surface area contributed by atoms with E-state index in [0.717, 1.165) is 5.76 Å². The number of ether oxygens (including phenoxy) is 1. The molecule has 1 aromatic carbocycles. The number of rotatable bonds is 2. The van der Waals surface area contributed by atoms with Gasteiger partial charge in [0.1, 0.15) is 17.3 Å². The molecule has 0 aromatic heterocycles. The second kappa shape index (κ2) is 4.52. The summed E-state index contributed by atoms with van der Waals surface area (Å²) in [7, 11) is 0. The van der Waals surface area contributed by atoms with Gasteiger partial charge in [0.15, 0.2) is 0 Å². The van der Waals surface area contributed by atoms with Crippen molar-refractivity contribution in [2.24, 2.45) is 11.8 Å². The smallest absolute Gasteiger partial charge is 0.127 e. The summed E-state index contributed by atoms with van der Waals surface area (Å²) >= 11 is 0. The molecular weight excluding hydrogens is 203 g/mol. The summed E-state index contributed by atoms with van der Waals surface area (Å²) < 4.78 is 18.3. The molecule has 0 radical (unpaired) electrons. The molecule has 0 heterocycles. The van der Waals surface area contributed by atoms with E-state index in [0.29, 0.717) is 17.6 Å². The van der Waals surface area contributed by atoms with E-state index in [2.05, 4.69) is 26.0 Å². The Kier molecular flexibility index (Phi) is 3.09. The number of hydrogen-bond acceptors (Lipinski definition) is 1. The van der Waals surface area contributed by atoms with Gasteiger partial charge in [-0.1, -0.05) is 19.9 Å². The molecule has 1 nitrogen and oxygen atoms in total. The normalized spacial score (nSPS) is 24.1. The van der Waals surface area contributed by atoms with Gasteiger partial charge in [-0.2, -0.15) is 0 Å². The fourth-order valence-corrected chi connectivity index (χ4v) is 1.60. The van der Waals surface area contributed by atoms with E-state index >= 15 is 0 Å². The van der Waals surface area contributed by atoms with Crippen LogP contribution in [0.4, 0.5) is 4.39 Å². The lowest BCUT2D eigenvalue weighted by Gasteiger charge is -2.19. The number of hydrogen-bond donors (Lipinski definition) is 0. The van der Waals surface area contributed by atoms with E-state index in [1.54, 1.807) is 12.1 Å². The highest BCUT2D eigenvalue weighted by molar-refractivity contribution is 5.29. The van der Waals surface area contributed by atoms with Gasteiger partial charge in [0.2, 0.25) is 0 Å². The van der Waals surface area contributed by atoms with Crippen LogP contribution in [-0.2, 0) is 0 Å². The third-order valence-electron chi connectivity index (χ3n) is 2.87. The van der Waals surface area contributed by atoms with Gasteiger partial charge in [0.05, 0.1) is 0 Å². The van der Waals surface area contributed by atoms with Crippen molar-refractivity contribution in [1.82, 2.24) is 0 Å².